The number of hydrogen-bond acceptors (Lipinski definition) is 4. The Morgan fingerprint density at radius 1 is 1.39 bits per heavy atom. The van der Waals surface area contributed by atoms with E-state index in [4.69, 9.17) is 0 Å². The predicted molar refractivity (Wildman–Crippen MR) is 77.2 cm³/mol. The van der Waals surface area contributed by atoms with Crippen LogP contribution in [0.3, 0.4) is 0 Å². The maximum Gasteiger partial charge on any atom is 0.124 e. The summed E-state index contributed by atoms with van der Waals surface area (Å²) in [7, 11) is 0. The van der Waals surface area contributed by atoms with E-state index in [-0.39, 0.29) is 11.8 Å². The van der Waals surface area contributed by atoms with E-state index < -0.39 is 0 Å². The minimum Gasteiger partial charge on any atom is -0.507 e. The van der Waals surface area contributed by atoms with Crippen LogP contribution in [0.2, 0.25) is 0 Å². The van der Waals surface area contributed by atoms with E-state index in [0.717, 1.165) is 22.2 Å². The van der Waals surface area contributed by atoms with E-state index in [0.29, 0.717) is 0 Å². The molecule has 0 saturated heterocycles. The largest absolute Gasteiger partial charge is 0.507 e. The highest BCUT2D eigenvalue weighted by Gasteiger charge is 2.23. The number of benzene rings is 1. The lowest BCUT2D eigenvalue weighted by Gasteiger charge is -2.07. The van der Waals surface area contributed by atoms with Crippen molar-refractivity contribution in [2.75, 3.05) is 0 Å². The van der Waals surface area contributed by atoms with Gasteiger partial charge in [-0.3, -0.25) is 0 Å². The lowest BCUT2D eigenvalue weighted by Crippen LogP contribution is -2.07. The zero-order valence-corrected chi connectivity index (χ0v) is 11.8. The molecule has 3 rings (SSSR count). The fourth-order valence-corrected chi connectivity index (χ4v) is 3.14. The molecule has 0 fully saturated rings. The first kappa shape index (κ1) is 11.7. The Morgan fingerprint density at radius 2 is 2.28 bits per heavy atom. The van der Waals surface area contributed by atoms with Gasteiger partial charge in [0.1, 0.15) is 5.75 Å². The maximum atomic E-state index is 9.89. The summed E-state index contributed by atoms with van der Waals surface area (Å²) in [6.45, 7) is 0. The standard InChI is InChI=1S/C13H11BrN2OS/c14-8-3-4-12(17)9(6-8)10-7-11(16-15-10)13-2-1-5-18-13/h1-6,11,16-17H,7H2/t11-/m0/s1. The van der Waals surface area contributed by atoms with Crippen LogP contribution in [0.25, 0.3) is 0 Å². The predicted octanol–water partition coefficient (Wildman–Crippen LogP) is 3.65. The van der Waals surface area contributed by atoms with Gasteiger partial charge in [0.05, 0.1) is 11.8 Å². The van der Waals surface area contributed by atoms with Crippen molar-refractivity contribution in [1.82, 2.24) is 5.43 Å². The molecule has 18 heavy (non-hydrogen) atoms. The van der Waals surface area contributed by atoms with Crippen LogP contribution in [0, 0.1) is 0 Å². The molecule has 0 unspecified atom stereocenters. The first-order valence-electron chi connectivity index (χ1n) is 5.58. The molecule has 0 aliphatic carbocycles. The number of hydrazone groups is 1. The molecule has 3 nitrogen and oxygen atoms in total. The van der Waals surface area contributed by atoms with Crippen LogP contribution < -0.4 is 5.43 Å². The molecule has 0 saturated carbocycles. The molecule has 0 amide bonds. The number of phenols is 1. The van der Waals surface area contributed by atoms with Crippen molar-refractivity contribution >= 4 is 33.0 Å². The van der Waals surface area contributed by atoms with Crippen LogP contribution in [-0.4, -0.2) is 10.8 Å². The molecule has 1 aliphatic heterocycles. The third-order valence-electron chi connectivity index (χ3n) is 2.91. The second-order valence-corrected chi connectivity index (χ2v) is 6.02. The fraction of sp³-hybridized carbons (Fsp3) is 0.154. The molecular formula is C13H11BrN2OS. The third kappa shape index (κ3) is 2.15. The molecule has 2 aromatic rings. The highest BCUT2D eigenvalue weighted by molar-refractivity contribution is 9.10. The van der Waals surface area contributed by atoms with Gasteiger partial charge in [0.25, 0.3) is 0 Å². The molecule has 0 spiro atoms. The molecule has 2 N–H and O–H groups in total. The van der Waals surface area contributed by atoms with Gasteiger partial charge < -0.3 is 10.5 Å². The zero-order valence-electron chi connectivity index (χ0n) is 9.43. The van der Waals surface area contributed by atoms with E-state index in [1.165, 1.54) is 4.88 Å². The number of aromatic hydroxyl groups is 1. The monoisotopic (exact) mass is 322 g/mol. The smallest absolute Gasteiger partial charge is 0.124 e. The number of rotatable bonds is 2. The highest BCUT2D eigenvalue weighted by atomic mass is 79.9. The molecule has 1 atom stereocenters. The minimum absolute atomic E-state index is 0.221. The average molecular weight is 323 g/mol. The minimum atomic E-state index is 0.221. The summed E-state index contributed by atoms with van der Waals surface area (Å²) in [5.74, 6) is 0.269. The van der Waals surface area contributed by atoms with E-state index >= 15 is 0 Å². The maximum absolute atomic E-state index is 9.89. The number of nitrogens with one attached hydrogen (secondary N) is 1. The second kappa shape index (κ2) is 4.74. The van der Waals surface area contributed by atoms with Gasteiger partial charge in [0, 0.05) is 21.3 Å². The van der Waals surface area contributed by atoms with Crippen molar-refractivity contribution < 1.29 is 5.11 Å². The summed E-state index contributed by atoms with van der Waals surface area (Å²) in [6, 6.07) is 9.75. The Labute approximate surface area is 117 Å². The molecule has 2 heterocycles. The Hall–Kier alpha value is -1.33. The van der Waals surface area contributed by atoms with Crippen molar-refractivity contribution in [2.24, 2.45) is 5.10 Å². The van der Waals surface area contributed by atoms with Gasteiger partial charge in [-0.25, -0.2) is 0 Å². The quantitative estimate of drug-likeness (QED) is 0.886. The van der Waals surface area contributed by atoms with Crippen molar-refractivity contribution in [3.8, 4) is 5.75 Å². The number of halogens is 1. The fourth-order valence-electron chi connectivity index (χ4n) is 2.00. The van der Waals surface area contributed by atoms with Crippen molar-refractivity contribution in [3.05, 3.63) is 50.6 Å². The van der Waals surface area contributed by atoms with Gasteiger partial charge in [0.15, 0.2) is 0 Å². The van der Waals surface area contributed by atoms with E-state index in [1.54, 1.807) is 17.4 Å². The SMILES string of the molecule is Oc1ccc(Br)cc1C1=NN[C@H](c2cccs2)C1. The molecule has 1 aromatic carbocycles. The molecule has 0 bridgehead atoms. The van der Waals surface area contributed by atoms with Gasteiger partial charge in [-0.15, -0.1) is 11.3 Å². The summed E-state index contributed by atoms with van der Waals surface area (Å²) in [5, 5.41) is 16.3. The lowest BCUT2D eigenvalue weighted by atomic mass is 10.0. The van der Waals surface area contributed by atoms with Crippen molar-refractivity contribution in [3.63, 3.8) is 0 Å². The van der Waals surface area contributed by atoms with Crippen LogP contribution >= 0.6 is 27.3 Å². The van der Waals surface area contributed by atoms with Gasteiger partial charge in [-0.1, -0.05) is 22.0 Å². The molecule has 1 aromatic heterocycles. The van der Waals surface area contributed by atoms with Crippen LogP contribution in [0.4, 0.5) is 0 Å². The molecule has 0 radical (unpaired) electrons. The van der Waals surface area contributed by atoms with Gasteiger partial charge in [-0.05, 0) is 29.6 Å². The van der Waals surface area contributed by atoms with Crippen LogP contribution in [0.15, 0.2) is 45.3 Å². The Bertz CT molecular complexity index is 595. The second-order valence-electron chi connectivity index (χ2n) is 4.12. The van der Waals surface area contributed by atoms with Gasteiger partial charge in [0.2, 0.25) is 0 Å². The third-order valence-corrected chi connectivity index (χ3v) is 4.39. The zero-order chi connectivity index (χ0) is 12.5. The van der Waals surface area contributed by atoms with Crippen LogP contribution in [0.5, 0.6) is 5.75 Å². The molecule has 5 heteroatoms. The lowest BCUT2D eigenvalue weighted by molar-refractivity contribution is 0.474. The normalized spacial score (nSPS) is 18.5. The number of nitrogens with zero attached hydrogens (tertiary/aromatic N) is 1. The summed E-state index contributed by atoms with van der Waals surface area (Å²) in [6.07, 6.45) is 0.796. The van der Waals surface area contributed by atoms with E-state index in [2.05, 4.69) is 37.9 Å². The summed E-state index contributed by atoms with van der Waals surface area (Å²) in [5.41, 5.74) is 4.81. The Balaban J connectivity index is 1.85. The topological polar surface area (TPSA) is 44.6 Å². The summed E-state index contributed by atoms with van der Waals surface area (Å²) >= 11 is 5.13. The molecule has 92 valence electrons. The highest BCUT2D eigenvalue weighted by Crippen LogP contribution is 2.31. The summed E-state index contributed by atoms with van der Waals surface area (Å²) < 4.78 is 0.942. The summed E-state index contributed by atoms with van der Waals surface area (Å²) in [4.78, 5) is 1.27. The van der Waals surface area contributed by atoms with Crippen LogP contribution in [-0.2, 0) is 0 Å². The van der Waals surface area contributed by atoms with E-state index in [9.17, 15) is 5.11 Å². The van der Waals surface area contributed by atoms with Gasteiger partial charge in [-0.2, -0.15) is 5.10 Å². The van der Waals surface area contributed by atoms with Gasteiger partial charge >= 0.3 is 0 Å². The number of phenolic OH excluding ortho intramolecular Hbond substituents is 1. The number of thiophene rings is 1. The molecule has 1 aliphatic rings. The van der Waals surface area contributed by atoms with Crippen molar-refractivity contribution in [2.45, 2.75) is 12.5 Å². The Kier molecular flexibility index (Phi) is 3.09. The Morgan fingerprint density at radius 3 is 3.06 bits per heavy atom. The first-order chi connectivity index (χ1) is 8.74. The number of hydrogen-bond donors (Lipinski definition) is 2. The van der Waals surface area contributed by atoms with Crippen molar-refractivity contribution in [1.29, 1.82) is 0 Å². The first-order valence-corrected chi connectivity index (χ1v) is 7.25. The van der Waals surface area contributed by atoms with Crippen LogP contribution in [0.1, 0.15) is 22.9 Å². The average Bonchev–Trinajstić information content (AvgIpc) is 3.00. The van der Waals surface area contributed by atoms with E-state index in [1.807, 2.05) is 18.2 Å². The molecular weight excluding hydrogens is 312 g/mol.